The van der Waals surface area contributed by atoms with Crippen molar-refractivity contribution >= 4 is 23.4 Å². The third-order valence-electron chi connectivity index (χ3n) is 8.19. The highest BCUT2D eigenvalue weighted by molar-refractivity contribution is 5.99. The third kappa shape index (κ3) is 14.4. The van der Waals surface area contributed by atoms with Crippen LogP contribution in [0.15, 0.2) is 49.1 Å². The Morgan fingerprint density at radius 3 is 1.61 bits per heavy atom. The summed E-state index contributed by atoms with van der Waals surface area (Å²) in [6.45, 7) is 8.56. The van der Waals surface area contributed by atoms with E-state index in [1.165, 1.54) is 38.5 Å². The molecule has 0 unspecified atom stereocenters. The van der Waals surface area contributed by atoms with Crippen LogP contribution in [0.4, 0.5) is 0 Å². The number of amides is 2. The van der Waals surface area contributed by atoms with E-state index in [0.29, 0.717) is 24.1 Å². The van der Waals surface area contributed by atoms with E-state index < -0.39 is 6.04 Å². The number of hydrogen-bond acceptors (Lipinski definition) is 6. The molecule has 2 heterocycles. The fraction of sp³-hybridized carbons (Fsp3) is 0.611. The van der Waals surface area contributed by atoms with Crippen molar-refractivity contribution in [3.05, 3.63) is 60.2 Å². The molecule has 8 heteroatoms. The molecule has 242 valence electrons. The van der Waals surface area contributed by atoms with Crippen LogP contribution in [0.2, 0.25) is 0 Å². The second-order valence-electron chi connectivity index (χ2n) is 12.5. The molecule has 0 radical (unpaired) electrons. The maximum Gasteiger partial charge on any atom is 0.251 e. The van der Waals surface area contributed by atoms with Crippen molar-refractivity contribution in [3.63, 3.8) is 0 Å². The summed E-state index contributed by atoms with van der Waals surface area (Å²) in [7, 11) is 0. The first-order valence-electron chi connectivity index (χ1n) is 16.6. The Balaban J connectivity index is 1.46. The number of rotatable bonds is 23. The van der Waals surface area contributed by atoms with Gasteiger partial charge in [-0.3, -0.25) is 29.1 Å². The van der Waals surface area contributed by atoms with Crippen LogP contribution in [0, 0.1) is 17.8 Å². The molecule has 0 spiro atoms. The number of nitrogens with one attached hydrogen (secondary N) is 2. The van der Waals surface area contributed by atoms with Crippen molar-refractivity contribution in [2.75, 3.05) is 6.54 Å². The molecule has 0 aliphatic rings. The van der Waals surface area contributed by atoms with E-state index in [-0.39, 0.29) is 47.6 Å². The maximum absolute atomic E-state index is 12.8. The second kappa shape index (κ2) is 21.3. The number of aromatic nitrogens is 2. The third-order valence-corrected chi connectivity index (χ3v) is 8.19. The summed E-state index contributed by atoms with van der Waals surface area (Å²) in [6, 6.07) is 6.24. The van der Waals surface area contributed by atoms with Crippen molar-refractivity contribution in [1.29, 1.82) is 0 Å². The molecule has 44 heavy (non-hydrogen) atoms. The van der Waals surface area contributed by atoms with Crippen LogP contribution in [0.3, 0.4) is 0 Å². The summed E-state index contributed by atoms with van der Waals surface area (Å²) in [4.78, 5) is 58.4. The highest BCUT2D eigenvalue weighted by Gasteiger charge is 2.26. The van der Waals surface area contributed by atoms with Crippen LogP contribution in [-0.4, -0.2) is 45.9 Å². The van der Waals surface area contributed by atoms with Gasteiger partial charge in [0.2, 0.25) is 5.91 Å². The zero-order valence-corrected chi connectivity index (χ0v) is 27.4. The van der Waals surface area contributed by atoms with E-state index >= 15 is 0 Å². The van der Waals surface area contributed by atoms with E-state index in [1.54, 1.807) is 49.1 Å². The van der Waals surface area contributed by atoms with Gasteiger partial charge in [0.05, 0.1) is 6.04 Å². The lowest BCUT2D eigenvalue weighted by atomic mass is 9.88. The minimum absolute atomic E-state index is 0.0176. The van der Waals surface area contributed by atoms with Gasteiger partial charge in [-0.05, 0) is 48.9 Å². The molecular formula is C36H54N4O4. The molecule has 0 saturated carbocycles. The van der Waals surface area contributed by atoms with Gasteiger partial charge in [-0.1, -0.05) is 85.5 Å². The molecular weight excluding hydrogens is 552 g/mol. The Morgan fingerprint density at radius 1 is 0.636 bits per heavy atom. The molecule has 2 rings (SSSR count). The quantitative estimate of drug-likeness (QED) is 0.103. The van der Waals surface area contributed by atoms with Gasteiger partial charge in [0.15, 0.2) is 11.6 Å². The summed E-state index contributed by atoms with van der Waals surface area (Å²) >= 11 is 0. The lowest BCUT2D eigenvalue weighted by Crippen LogP contribution is -2.44. The summed E-state index contributed by atoms with van der Waals surface area (Å²) in [5.74, 6) is -0.344. The van der Waals surface area contributed by atoms with Crippen molar-refractivity contribution in [2.24, 2.45) is 17.8 Å². The number of nitrogens with zero attached hydrogens (tertiary/aromatic N) is 2. The lowest BCUT2D eigenvalue weighted by molar-refractivity contribution is -0.126. The highest BCUT2D eigenvalue weighted by atomic mass is 16.2. The molecule has 0 aliphatic heterocycles. The van der Waals surface area contributed by atoms with Crippen molar-refractivity contribution < 1.29 is 19.2 Å². The number of hydrogen-bond donors (Lipinski definition) is 2. The SMILES string of the molecule is CC(C)[C@H](NC(=O)c1ccncc1)C(=O)CCCCCCCCCCCCCNC(=O)[C@H](CC(=O)c1ccncc1)C(C)C. The lowest BCUT2D eigenvalue weighted by Gasteiger charge is -2.21. The molecule has 0 aromatic carbocycles. The monoisotopic (exact) mass is 606 g/mol. The number of ketones is 2. The van der Waals surface area contributed by atoms with Crippen molar-refractivity contribution in [1.82, 2.24) is 20.6 Å². The Morgan fingerprint density at radius 2 is 1.11 bits per heavy atom. The van der Waals surface area contributed by atoms with Crippen LogP contribution in [-0.2, 0) is 9.59 Å². The smallest absolute Gasteiger partial charge is 0.251 e. The Labute approximate surface area is 264 Å². The minimum Gasteiger partial charge on any atom is -0.356 e. The van der Waals surface area contributed by atoms with E-state index in [9.17, 15) is 19.2 Å². The predicted octanol–water partition coefficient (Wildman–Crippen LogP) is 7.14. The number of unbranched alkanes of at least 4 members (excludes halogenated alkanes) is 10. The summed E-state index contributed by atoms with van der Waals surface area (Å²) < 4.78 is 0. The number of Topliss-reactive ketones (excluding diaryl/α,β-unsaturated/α-hetero) is 2. The molecule has 2 N–H and O–H groups in total. The zero-order valence-electron chi connectivity index (χ0n) is 27.4. The van der Waals surface area contributed by atoms with E-state index in [2.05, 4.69) is 20.6 Å². The number of carbonyl (C=O) groups is 4. The Hall–Kier alpha value is -3.42. The van der Waals surface area contributed by atoms with E-state index in [0.717, 1.165) is 32.1 Å². The van der Waals surface area contributed by atoms with Gasteiger partial charge in [0, 0.05) is 61.2 Å². The normalized spacial score (nSPS) is 12.6. The van der Waals surface area contributed by atoms with Gasteiger partial charge in [-0.25, -0.2) is 0 Å². The first-order chi connectivity index (χ1) is 21.2. The van der Waals surface area contributed by atoms with Crippen molar-refractivity contribution in [3.8, 4) is 0 Å². The number of pyridine rings is 2. The predicted molar refractivity (Wildman–Crippen MR) is 175 cm³/mol. The highest BCUT2D eigenvalue weighted by Crippen LogP contribution is 2.19. The Kier molecular flexibility index (Phi) is 17.8. The molecule has 0 saturated heterocycles. The average Bonchev–Trinajstić information content (AvgIpc) is 3.02. The molecule has 2 amide bonds. The van der Waals surface area contributed by atoms with Crippen LogP contribution in [0.25, 0.3) is 0 Å². The zero-order chi connectivity index (χ0) is 32.2. The first-order valence-corrected chi connectivity index (χ1v) is 16.6. The maximum atomic E-state index is 12.8. The largest absolute Gasteiger partial charge is 0.356 e. The molecule has 8 nitrogen and oxygen atoms in total. The second-order valence-corrected chi connectivity index (χ2v) is 12.5. The fourth-order valence-corrected chi connectivity index (χ4v) is 5.35. The molecule has 0 aliphatic carbocycles. The molecule has 2 atom stereocenters. The summed E-state index contributed by atoms with van der Waals surface area (Å²) in [5.41, 5.74) is 1.12. The molecule has 0 bridgehead atoms. The minimum atomic E-state index is -0.461. The van der Waals surface area contributed by atoms with Gasteiger partial charge in [0.1, 0.15) is 0 Å². The van der Waals surface area contributed by atoms with E-state index in [4.69, 9.17) is 0 Å². The average molecular weight is 607 g/mol. The summed E-state index contributed by atoms with van der Waals surface area (Å²) in [6.07, 6.45) is 19.4. The molecule has 2 aromatic heterocycles. The van der Waals surface area contributed by atoms with Crippen LogP contribution in [0.5, 0.6) is 0 Å². The van der Waals surface area contributed by atoms with Gasteiger partial charge in [0.25, 0.3) is 5.91 Å². The first kappa shape index (κ1) is 36.8. The van der Waals surface area contributed by atoms with Gasteiger partial charge in [-0.2, -0.15) is 0 Å². The Bertz CT molecular complexity index is 1030. The number of carbonyl (C=O) groups excluding carboxylic acids is 4. The van der Waals surface area contributed by atoms with Crippen LogP contribution < -0.4 is 10.6 Å². The fourth-order valence-electron chi connectivity index (χ4n) is 5.35. The van der Waals surface area contributed by atoms with Crippen LogP contribution in [0.1, 0.15) is 132 Å². The topological polar surface area (TPSA) is 118 Å². The van der Waals surface area contributed by atoms with E-state index in [1.807, 2.05) is 27.7 Å². The van der Waals surface area contributed by atoms with Gasteiger partial charge in [-0.15, -0.1) is 0 Å². The standard InChI is InChI=1S/C36H54N4O4/c1-27(2)31(26-33(42)29-17-22-37-23-18-29)36(44)39-21-15-13-11-9-7-5-6-8-10-12-14-16-32(41)34(28(3)4)40-35(43)30-19-24-38-25-20-30/h17-20,22-25,27-28,31,34H,5-16,21,26H2,1-4H3,(H,39,44)(H,40,43)/t31-,34+/m1/s1. The molecule has 0 fully saturated rings. The molecule has 2 aromatic rings. The van der Waals surface area contributed by atoms with Crippen LogP contribution >= 0.6 is 0 Å². The van der Waals surface area contributed by atoms with Gasteiger partial charge >= 0.3 is 0 Å². The van der Waals surface area contributed by atoms with Gasteiger partial charge < -0.3 is 10.6 Å². The summed E-state index contributed by atoms with van der Waals surface area (Å²) in [5, 5.41) is 5.95. The van der Waals surface area contributed by atoms with Crippen molar-refractivity contribution in [2.45, 2.75) is 117 Å².